The molecule has 0 radical (unpaired) electrons. The van der Waals surface area contributed by atoms with Crippen LogP contribution >= 0.6 is 11.8 Å². The summed E-state index contributed by atoms with van der Waals surface area (Å²) in [6.45, 7) is 1.83. The summed E-state index contributed by atoms with van der Waals surface area (Å²) < 4.78 is 45.8. The van der Waals surface area contributed by atoms with E-state index in [0.29, 0.717) is 10.9 Å². The van der Waals surface area contributed by atoms with Gasteiger partial charge in [0.1, 0.15) is 12.3 Å². The Hall–Kier alpha value is -2.82. The normalized spacial score (nSPS) is 12.7. The maximum absolute atomic E-state index is 13.0. The number of tetrazole rings is 1. The summed E-state index contributed by atoms with van der Waals surface area (Å²) in [5, 5.41) is 13.2. The molecule has 0 aliphatic rings. The first-order chi connectivity index (χ1) is 12.8. The average molecular weight is 397 g/mol. The molecule has 11 heteroatoms. The van der Waals surface area contributed by atoms with Crippen molar-refractivity contribution in [2.75, 3.05) is 5.32 Å². The number of alkyl halides is 3. The van der Waals surface area contributed by atoms with Gasteiger partial charge >= 0.3 is 6.18 Å². The van der Waals surface area contributed by atoms with Crippen LogP contribution in [0.3, 0.4) is 0 Å². The van der Waals surface area contributed by atoms with E-state index in [1.165, 1.54) is 29.1 Å². The zero-order valence-corrected chi connectivity index (χ0v) is 14.8. The standard InChI is InChI=1S/C16H14F3N5O2S/c1-10(14(25)20-13-7-3-2-6-12(13)16(17,18)19)27-15-21-22-23-24(15)9-11-5-4-8-26-11/h2-8,10H,9H2,1H3,(H,20,25). The lowest BCUT2D eigenvalue weighted by atomic mass is 10.1. The van der Waals surface area contributed by atoms with Crippen molar-refractivity contribution in [1.82, 2.24) is 20.2 Å². The van der Waals surface area contributed by atoms with Crippen LogP contribution in [0, 0.1) is 0 Å². The van der Waals surface area contributed by atoms with Crippen LogP contribution in [-0.2, 0) is 17.5 Å². The number of para-hydroxylation sites is 1. The van der Waals surface area contributed by atoms with Crippen molar-refractivity contribution < 1.29 is 22.4 Å². The Bertz CT molecular complexity index is 911. The molecule has 1 atom stereocenters. The second-order valence-corrected chi connectivity index (χ2v) is 6.80. The van der Waals surface area contributed by atoms with E-state index in [4.69, 9.17) is 4.42 Å². The maximum Gasteiger partial charge on any atom is 0.418 e. The lowest BCUT2D eigenvalue weighted by Gasteiger charge is -2.15. The van der Waals surface area contributed by atoms with Gasteiger partial charge in [0.05, 0.1) is 22.8 Å². The summed E-state index contributed by atoms with van der Waals surface area (Å²) in [7, 11) is 0. The van der Waals surface area contributed by atoms with E-state index in [-0.39, 0.29) is 12.2 Å². The Balaban J connectivity index is 1.68. The lowest BCUT2D eigenvalue weighted by Crippen LogP contribution is -2.24. The third kappa shape index (κ3) is 4.67. The van der Waals surface area contributed by atoms with E-state index in [0.717, 1.165) is 17.8 Å². The highest BCUT2D eigenvalue weighted by atomic mass is 32.2. The highest BCUT2D eigenvalue weighted by Gasteiger charge is 2.34. The van der Waals surface area contributed by atoms with Gasteiger partial charge in [0, 0.05) is 0 Å². The zero-order chi connectivity index (χ0) is 19.4. The summed E-state index contributed by atoms with van der Waals surface area (Å²) in [4.78, 5) is 12.4. The highest BCUT2D eigenvalue weighted by molar-refractivity contribution is 8.00. The number of nitrogens with zero attached hydrogens (tertiary/aromatic N) is 4. The monoisotopic (exact) mass is 397 g/mol. The minimum atomic E-state index is -4.56. The molecule has 1 N–H and O–H groups in total. The van der Waals surface area contributed by atoms with E-state index < -0.39 is 22.9 Å². The van der Waals surface area contributed by atoms with Gasteiger partial charge in [-0.05, 0) is 41.6 Å². The first-order valence-corrected chi connectivity index (χ1v) is 8.65. The predicted molar refractivity (Wildman–Crippen MR) is 91.0 cm³/mol. The number of aromatic nitrogens is 4. The van der Waals surface area contributed by atoms with Crippen molar-refractivity contribution in [3.63, 3.8) is 0 Å². The first-order valence-electron chi connectivity index (χ1n) is 7.77. The summed E-state index contributed by atoms with van der Waals surface area (Å²) in [5.41, 5.74) is -1.20. The van der Waals surface area contributed by atoms with Crippen LogP contribution in [-0.4, -0.2) is 31.4 Å². The number of amides is 1. The molecule has 1 unspecified atom stereocenters. The molecule has 0 aliphatic heterocycles. The van der Waals surface area contributed by atoms with Gasteiger partial charge in [-0.15, -0.1) is 5.10 Å². The molecule has 3 aromatic rings. The Morgan fingerprint density at radius 1 is 1.30 bits per heavy atom. The number of benzene rings is 1. The topological polar surface area (TPSA) is 85.8 Å². The quantitative estimate of drug-likeness (QED) is 0.641. The van der Waals surface area contributed by atoms with Crippen molar-refractivity contribution in [1.29, 1.82) is 0 Å². The van der Waals surface area contributed by atoms with E-state index in [1.54, 1.807) is 19.1 Å². The van der Waals surface area contributed by atoms with Gasteiger partial charge in [-0.3, -0.25) is 4.79 Å². The fourth-order valence-electron chi connectivity index (χ4n) is 2.22. The van der Waals surface area contributed by atoms with Crippen LogP contribution in [0.25, 0.3) is 0 Å². The van der Waals surface area contributed by atoms with Crippen molar-refractivity contribution >= 4 is 23.4 Å². The largest absolute Gasteiger partial charge is 0.467 e. The first kappa shape index (κ1) is 19.0. The smallest absolute Gasteiger partial charge is 0.418 e. The number of anilines is 1. The number of hydrogen-bond acceptors (Lipinski definition) is 6. The molecule has 0 saturated carbocycles. The number of thioether (sulfide) groups is 1. The number of rotatable bonds is 6. The molecule has 3 rings (SSSR count). The van der Waals surface area contributed by atoms with Crippen molar-refractivity contribution in [3.05, 3.63) is 54.0 Å². The Morgan fingerprint density at radius 2 is 2.07 bits per heavy atom. The van der Waals surface area contributed by atoms with Crippen molar-refractivity contribution in [2.45, 2.75) is 30.1 Å². The third-order valence-electron chi connectivity index (χ3n) is 3.53. The summed E-state index contributed by atoms with van der Waals surface area (Å²) >= 11 is 1.03. The van der Waals surface area contributed by atoms with Crippen LogP contribution < -0.4 is 5.32 Å². The van der Waals surface area contributed by atoms with Gasteiger partial charge in [0.2, 0.25) is 11.1 Å². The number of carbonyl (C=O) groups is 1. The van der Waals surface area contributed by atoms with Gasteiger partial charge in [0.15, 0.2) is 0 Å². The molecule has 0 fully saturated rings. The molecular formula is C16H14F3N5O2S. The zero-order valence-electron chi connectivity index (χ0n) is 14.0. The second kappa shape index (κ2) is 7.82. The molecule has 0 bridgehead atoms. The molecule has 0 saturated heterocycles. The van der Waals surface area contributed by atoms with E-state index in [9.17, 15) is 18.0 Å². The molecular weight excluding hydrogens is 383 g/mol. The Morgan fingerprint density at radius 3 is 2.78 bits per heavy atom. The van der Waals surface area contributed by atoms with Gasteiger partial charge < -0.3 is 9.73 Å². The van der Waals surface area contributed by atoms with Gasteiger partial charge in [-0.25, -0.2) is 4.68 Å². The number of furan rings is 1. The fourth-order valence-corrected chi connectivity index (χ4v) is 3.00. The SMILES string of the molecule is CC(Sc1nnnn1Cc1ccco1)C(=O)Nc1ccccc1C(F)(F)F. The second-order valence-electron chi connectivity index (χ2n) is 5.49. The van der Waals surface area contributed by atoms with Gasteiger partial charge in [0.25, 0.3) is 0 Å². The van der Waals surface area contributed by atoms with Crippen LogP contribution in [0.1, 0.15) is 18.2 Å². The van der Waals surface area contributed by atoms with Crippen molar-refractivity contribution in [3.8, 4) is 0 Å². The Kier molecular flexibility index (Phi) is 5.49. The highest BCUT2D eigenvalue weighted by Crippen LogP contribution is 2.35. The predicted octanol–water partition coefficient (Wildman–Crippen LogP) is 3.45. The van der Waals surface area contributed by atoms with Crippen LogP contribution in [0.5, 0.6) is 0 Å². The fraction of sp³-hybridized carbons (Fsp3) is 0.250. The summed E-state index contributed by atoms with van der Waals surface area (Å²) in [6.07, 6.45) is -3.05. The van der Waals surface area contributed by atoms with E-state index >= 15 is 0 Å². The molecule has 0 aliphatic carbocycles. The number of halogens is 3. The number of hydrogen-bond donors (Lipinski definition) is 1. The van der Waals surface area contributed by atoms with Crippen LogP contribution in [0.15, 0.2) is 52.2 Å². The van der Waals surface area contributed by atoms with Crippen molar-refractivity contribution in [2.24, 2.45) is 0 Å². The molecule has 142 valence electrons. The van der Waals surface area contributed by atoms with E-state index in [1.807, 2.05) is 0 Å². The Labute approximate surface area is 155 Å². The van der Waals surface area contributed by atoms with Crippen LogP contribution in [0.4, 0.5) is 18.9 Å². The minimum Gasteiger partial charge on any atom is -0.467 e. The summed E-state index contributed by atoms with van der Waals surface area (Å²) in [6, 6.07) is 8.28. The lowest BCUT2D eigenvalue weighted by molar-refractivity contribution is -0.137. The molecule has 1 aromatic carbocycles. The van der Waals surface area contributed by atoms with Crippen LogP contribution in [0.2, 0.25) is 0 Å². The maximum atomic E-state index is 13.0. The van der Waals surface area contributed by atoms with E-state index in [2.05, 4.69) is 20.8 Å². The van der Waals surface area contributed by atoms with Gasteiger partial charge in [-0.1, -0.05) is 23.9 Å². The average Bonchev–Trinajstić information content (AvgIpc) is 3.27. The summed E-state index contributed by atoms with van der Waals surface area (Å²) in [5.74, 6) is 0.0320. The molecule has 2 heterocycles. The van der Waals surface area contributed by atoms with Gasteiger partial charge in [-0.2, -0.15) is 13.2 Å². The third-order valence-corrected chi connectivity index (χ3v) is 4.60. The number of nitrogens with one attached hydrogen (secondary N) is 1. The number of carbonyl (C=O) groups excluding carboxylic acids is 1. The molecule has 2 aromatic heterocycles. The molecule has 27 heavy (non-hydrogen) atoms. The minimum absolute atomic E-state index is 0.271. The molecule has 1 amide bonds. The molecule has 7 nitrogen and oxygen atoms in total. The molecule has 0 spiro atoms.